The lowest BCUT2D eigenvalue weighted by Gasteiger charge is -2.37. The third-order valence-corrected chi connectivity index (χ3v) is 5.93. The zero-order valence-corrected chi connectivity index (χ0v) is 16.5. The Kier molecular flexibility index (Phi) is 6.17. The number of piperidine rings is 1. The molecule has 0 amide bonds. The van der Waals surface area contributed by atoms with Crippen molar-refractivity contribution in [3.63, 3.8) is 0 Å². The number of nitrogens with zero attached hydrogens (tertiary/aromatic N) is 5. The Morgan fingerprint density at radius 3 is 2.44 bits per heavy atom. The number of hydrogen-bond donors (Lipinski definition) is 1. The third kappa shape index (κ3) is 5.15. The number of likely N-dealkylation sites (tertiary alicyclic amines) is 1. The van der Waals surface area contributed by atoms with Crippen LogP contribution in [0.3, 0.4) is 0 Å². The van der Waals surface area contributed by atoms with Crippen molar-refractivity contribution >= 4 is 0 Å². The second kappa shape index (κ2) is 8.95. The van der Waals surface area contributed by atoms with E-state index in [1.807, 2.05) is 6.92 Å². The van der Waals surface area contributed by atoms with Gasteiger partial charge in [0.2, 0.25) is 0 Å². The van der Waals surface area contributed by atoms with Crippen LogP contribution in [0.4, 0.5) is 0 Å². The highest BCUT2D eigenvalue weighted by atomic mass is 15.3. The first-order valence-electron chi connectivity index (χ1n) is 10.4. The first-order valence-corrected chi connectivity index (χ1v) is 10.4. The Labute approximate surface area is 162 Å². The van der Waals surface area contributed by atoms with Crippen LogP contribution in [0, 0.1) is 6.92 Å². The standard InChI is InChI=1S/C21H32N6/c1-18-22-21(24-23-18)20-8-5-9-26(17-20)13-10-25-11-14-27(15-12-25)16-19-6-3-2-4-7-19/h2-4,6-7,20H,5,8-17H2,1H3,(H,22,23,24). The summed E-state index contributed by atoms with van der Waals surface area (Å²) in [7, 11) is 0. The molecule has 4 rings (SSSR count). The Bertz CT molecular complexity index is 692. The number of aryl methyl sites for hydroxylation is 1. The number of aromatic amines is 1. The third-order valence-electron chi connectivity index (χ3n) is 5.93. The van der Waals surface area contributed by atoms with Crippen LogP contribution in [0.5, 0.6) is 0 Å². The minimum absolute atomic E-state index is 0.492. The summed E-state index contributed by atoms with van der Waals surface area (Å²) >= 11 is 0. The fraction of sp³-hybridized carbons (Fsp3) is 0.619. The molecule has 0 saturated carbocycles. The van der Waals surface area contributed by atoms with Crippen LogP contribution >= 0.6 is 0 Å². The van der Waals surface area contributed by atoms with Gasteiger partial charge in [-0.25, -0.2) is 4.98 Å². The highest BCUT2D eigenvalue weighted by Crippen LogP contribution is 2.24. The van der Waals surface area contributed by atoms with Crippen LogP contribution in [0.2, 0.25) is 0 Å². The molecule has 0 bridgehead atoms. The molecular weight excluding hydrogens is 336 g/mol. The van der Waals surface area contributed by atoms with Crippen molar-refractivity contribution in [3.05, 3.63) is 47.5 Å². The van der Waals surface area contributed by atoms with E-state index in [-0.39, 0.29) is 0 Å². The van der Waals surface area contributed by atoms with E-state index in [1.54, 1.807) is 0 Å². The predicted molar refractivity (Wildman–Crippen MR) is 108 cm³/mol. The van der Waals surface area contributed by atoms with Gasteiger partial charge in [0.05, 0.1) is 0 Å². The van der Waals surface area contributed by atoms with Crippen LogP contribution in [-0.4, -0.2) is 82.2 Å². The van der Waals surface area contributed by atoms with Crippen LogP contribution in [0.25, 0.3) is 0 Å². The minimum Gasteiger partial charge on any atom is -0.301 e. The second-order valence-electron chi connectivity index (χ2n) is 8.02. The summed E-state index contributed by atoms with van der Waals surface area (Å²) in [5, 5.41) is 7.38. The average Bonchev–Trinajstić information content (AvgIpc) is 3.15. The van der Waals surface area contributed by atoms with Gasteiger partial charge in [-0.1, -0.05) is 30.3 Å². The van der Waals surface area contributed by atoms with Crippen LogP contribution in [0.1, 0.15) is 36.0 Å². The zero-order chi connectivity index (χ0) is 18.5. The van der Waals surface area contributed by atoms with Crippen LogP contribution in [0.15, 0.2) is 30.3 Å². The van der Waals surface area contributed by atoms with E-state index in [1.165, 1.54) is 64.2 Å². The molecule has 146 valence electrons. The Morgan fingerprint density at radius 2 is 1.70 bits per heavy atom. The van der Waals surface area contributed by atoms with Crippen LogP contribution < -0.4 is 0 Å². The van der Waals surface area contributed by atoms with E-state index in [0.29, 0.717) is 5.92 Å². The quantitative estimate of drug-likeness (QED) is 0.846. The summed E-state index contributed by atoms with van der Waals surface area (Å²) in [5.41, 5.74) is 1.42. The largest absolute Gasteiger partial charge is 0.301 e. The molecular formula is C21H32N6. The molecule has 1 N–H and O–H groups in total. The molecule has 1 unspecified atom stereocenters. The number of benzene rings is 1. The average molecular weight is 369 g/mol. The Hall–Kier alpha value is -1.76. The fourth-order valence-corrected chi connectivity index (χ4v) is 4.31. The molecule has 0 radical (unpaired) electrons. The van der Waals surface area contributed by atoms with Crippen molar-refractivity contribution in [2.45, 2.75) is 32.2 Å². The number of H-pyrrole nitrogens is 1. The molecule has 2 fully saturated rings. The maximum Gasteiger partial charge on any atom is 0.155 e. The molecule has 1 aromatic heterocycles. The van der Waals surface area contributed by atoms with Gasteiger partial charge in [0, 0.05) is 58.3 Å². The van der Waals surface area contributed by atoms with E-state index in [4.69, 9.17) is 0 Å². The number of nitrogens with one attached hydrogen (secondary N) is 1. The summed E-state index contributed by atoms with van der Waals surface area (Å²) in [5.74, 6) is 2.42. The van der Waals surface area contributed by atoms with Gasteiger partial charge < -0.3 is 4.90 Å². The Balaban J connectivity index is 1.18. The van der Waals surface area contributed by atoms with E-state index in [0.717, 1.165) is 24.7 Å². The van der Waals surface area contributed by atoms with Gasteiger partial charge in [-0.2, -0.15) is 5.10 Å². The first kappa shape index (κ1) is 18.6. The summed E-state index contributed by atoms with van der Waals surface area (Å²) in [6, 6.07) is 10.8. The zero-order valence-electron chi connectivity index (χ0n) is 16.5. The lowest BCUT2D eigenvalue weighted by Crippen LogP contribution is -2.48. The number of hydrogen-bond acceptors (Lipinski definition) is 5. The molecule has 27 heavy (non-hydrogen) atoms. The van der Waals surface area contributed by atoms with Crippen molar-refractivity contribution in [2.75, 3.05) is 52.4 Å². The molecule has 0 aliphatic carbocycles. The first-order chi connectivity index (χ1) is 13.3. The molecule has 2 aromatic rings. The maximum atomic E-state index is 4.55. The SMILES string of the molecule is Cc1nc(C2CCCN(CCN3CCN(Cc4ccccc4)CC3)C2)n[nH]1. The smallest absolute Gasteiger partial charge is 0.155 e. The molecule has 2 aliphatic heterocycles. The molecule has 1 atom stereocenters. The summed E-state index contributed by atoms with van der Waals surface area (Å²) in [6.45, 7) is 12.4. The van der Waals surface area contributed by atoms with Crippen molar-refractivity contribution in [1.29, 1.82) is 0 Å². The fourth-order valence-electron chi connectivity index (χ4n) is 4.31. The summed E-state index contributed by atoms with van der Waals surface area (Å²) < 4.78 is 0. The monoisotopic (exact) mass is 368 g/mol. The van der Waals surface area contributed by atoms with Crippen molar-refractivity contribution in [1.82, 2.24) is 29.9 Å². The topological polar surface area (TPSA) is 51.3 Å². The van der Waals surface area contributed by atoms with Crippen LogP contribution in [-0.2, 0) is 6.54 Å². The molecule has 1 aromatic carbocycles. The normalized spacial score (nSPS) is 22.9. The molecule has 2 saturated heterocycles. The van der Waals surface area contributed by atoms with Crippen molar-refractivity contribution in [3.8, 4) is 0 Å². The maximum absolute atomic E-state index is 4.55. The Morgan fingerprint density at radius 1 is 0.963 bits per heavy atom. The second-order valence-corrected chi connectivity index (χ2v) is 8.02. The van der Waals surface area contributed by atoms with E-state index in [9.17, 15) is 0 Å². The lowest BCUT2D eigenvalue weighted by molar-refractivity contribution is 0.107. The van der Waals surface area contributed by atoms with Gasteiger partial charge in [-0.3, -0.25) is 14.9 Å². The van der Waals surface area contributed by atoms with Crippen molar-refractivity contribution in [2.24, 2.45) is 0 Å². The van der Waals surface area contributed by atoms with E-state index in [2.05, 4.69) is 60.2 Å². The molecule has 3 heterocycles. The number of aromatic nitrogens is 3. The van der Waals surface area contributed by atoms with Gasteiger partial charge in [0.1, 0.15) is 5.82 Å². The molecule has 6 nitrogen and oxygen atoms in total. The van der Waals surface area contributed by atoms with Gasteiger partial charge >= 0.3 is 0 Å². The lowest BCUT2D eigenvalue weighted by atomic mass is 9.97. The molecule has 0 spiro atoms. The van der Waals surface area contributed by atoms with E-state index >= 15 is 0 Å². The summed E-state index contributed by atoms with van der Waals surface area (Å²) in [4.78, 5) is 12.4. The van der Waals surface area contributed by atoms with Gasteiger partial charge in [0.15, 0.2) is 5.82 Å². The molecule has 2 aliphatic rings. The van der Waals surface area contributed by atoms with E-state index < -0.39 is 0 Å². The van der Waals surface area contributed by atoms with Gasteiger partial charge in [-0.15, -0.1) is 0 Å². The van der Waals surface area contributed by atoms with Gasteiger partial charge in [-0.05, 0) is 31.9 Å². The molecule has 6 heteroatoms. The predicted octanol–water partition coefficient (Wildman–Crippen LogP) is 2.11. The number of rotatable bonds is 6. The van der Waals surface area contributed by atoms with Crippen molar-refractivity contribution < 1.29 is 0 Å². The highest BCUT2D eigenvalue weighted by molar-refractivity contribution is 5.14. The highest BCUT2D eigenvalue weighted by Gasteiger charge is 2.25. The van der Waals surface area contributed by atoms with Gasteiger partial charge in [0.25, 0.3) is 0 Å². The number of piperazine rings is 1. The minimum atomic E-state index is 0.492. The summed E-state index contributed by atoms with van der Waals surface area (Å²) in [6.07, 6.45) is 2.47.